The van der Waals surface area contributed by atoms with Crippen molar-refractivity contribution in [2.24, 2.45) is 5.92 Å². The number of rotatable bonds is 4. The lowest BCUT2D eigenvalue weighted by Gasteiger charge is -2.22. The monoisotopic (exact) mass is 239 g/mol. The van der Waals surface area contributed by atoms with E-state index in [1.807, 2.05) is 0 Å². The van der Waals surface area contributed by atoms with Gasteiger partial charge in [-0.05, 0) is 31.6 Å². The largest absolute Gasteiger partial charge is 0.391 e. The highest BCUT2D eigenvalue weighted by atomic mass is 16.3. The summed E-state index contributed by atoms with van der Waals surface area (Å²) >= 11 is 0. The van der Waals surface area contributed by atoms with Crippen LogP contribution in [0.3, 0.4) is 0 Å². The molecule has 2 saturated carbocycles. The zero-order valence-electron chi connectivity index (χ0n) is 10.7. The van der Waals surface area contributed by atoms with E-state index in [-0.39, 0.29) is 18.1 Å². The SMILES string of the molecule is O=C(CCC1CCCCC1)NC1CCCC1O. The van der Waals surface area contributed by atoms with Crippen LogP contribution in [0, 0.1) is 5.92 Å². The number of carbonyl (C=O) groups excluding carboxylic acids is 1. The van der Waals surface area contributed by atoms with Crippen molar-refractivity contribution < 1.29 is 9.90 Å². The molecule has 2 unspecified atom stereocenters. The standard InChI is InChI=1S/C14H25NO2/c16-13-8-4-7-12(13)15-14(17)10-9-11-5-2-1-3-6-11/h11-13,16H,1-10H2,(H,15,17). The van der Waals surface area contributed by atoms with E-state index >= 15 is 0 Å². The molecule has 98 valence electrons. The van der Waals surface area contributed by atoms with E-state index in [1.54, 1.807) is 0 Å². The summed E-state index contributed by atoms with van der Waals surface area (Å²) in [5.74, 6) is 0.907. The van der Waals surface area contributed by atoms with Gasteiger partial charge < -0.3 is 10.4 Å². The van der Waals surface area contributed by atoms with Gasteiger partial charge in [-0.2, -0.15) is 0 Å². The zero-order chi connectivity index (χ0) is 12.1. The molecule has 2 rings (SSSR count). The first-order chi connectivity index (χ1) is 8.25. The van der Waals surface area contributed by atoms with E-state index < -0.39 is 0 Å². The van der Waals surface area contributed by atoms with Gasteiger partial charge in [-0.25, -0.2) is 0 Å². The van der Waals surface area contributed by atoms with Crippen LogP contribution in [0.4, 0.5) is 0 Å². The van der Waals surface area contributed by atoms with Crippen LogP contribution < -0.4 is 5.32 Å². The van der Waals surface area contributed by atoms with Gasteiger partial charge in [0.15, 0.2) is 0 Å². The highest BCUT2D eigenvalue weighted by Gasteiger charge is 2.26. The molecule has 0 heterocycles. The lowest BCUT2D eigenvalue weighted by molar-refractivity contribution is -0.122. The Balaban J connectivity index is 1.63. The van der Waals surface area contributed by atoms with Crippen LogP contribution in [-0.4, -0.2) is 23.2 Å². The van der Waals surface area contributed by atoms with E-state index in [0.717, 1.165) is 31.6 Å². The molecule has 2 N–H and O–H groups in total. The number of aliphatic hydroxyl groups is 1. The van der Waals surface area contributed by atoms with Gasteiger partial charge in [0.2, 0.25) is 5.91 Å². The molecule has 2 atom stereocenters. The maximum Gasteiger partial charge on any atom is 0.220 e. The fourth-order valence-electron chi connectivity index (χ4n) is 3.20. The molecule has 0 aromatic carbocycles. The lowest BCUT2D eigenvalue weighted by atomic mass is 9.86. The Morgan fingerprint density at radius 2 is 1.82 bits per heavy atom. The first-order valence-corrected chi connectivity index (χ1v) is 7.23. The third kappa shape index (κ3) is 3.98. The second-order valence-corrected chi connectivity index (χ2v) is 5.71. The highest BCUT2D eigenvalue weighted by molar-refractivity contribution is 5.76. The Hall–Kier alpha value is -0.570. The van der Waals surface area contributed by atoms with Crippen LogP contribution in [0.25, 0.3) is 0 Å². The third-order valence-electron chi connectivity index (χ3n) is 4.33. The second kappa shape index (κ2) is 6.39. The van der Waals surface area contributed by atoms with Crippen LogP contribution in [0.15, 0.2) is 0 Å². The topological polar surface area (TPSA) is 49.3 Å². The van der Waals surface area contributed by atoms with Crippen molar-refractivity contribution >= 4 is 5.91 Å². The van der Waals surface area contributed by atoms with E-state index in [9.17, 15) is 9.90 Å². The number of nitrogens with one attached hydrogen (secondary N) is 1. The number of carbonyl (C=O) groups is 1. The fraction of sp³-hybridized carbons (Fsp3) is 0.929. The van der Waals surface area contributed by atoms with Crippen LogP contribution in [0.5, 0.6) is 0 Å². The molecule has 1 amide bonds. The van der Waals surface area contributed by atoms with Crippen LogP contribution >= 0.6 is 0 Å². The molecular formula is C14H25NO2. The molecular weight excluding hydrogens is 214 g/mol. The summed E-state index contributed by atoms with van der Waals surface area (Å²) in [6.07, 6.45) is 10.9. The van der Waals surface area contributed by atoms with Crippen LogP contribution in [0.2, 0.25) is 0 Å². The van der Waals surface area contributed by atoms with E-state index in [2.05, 4.69) is 5.32 Å². The summed E-state index contributed by atoms with van der Waals surface area (Å²) in [5.41, 5.74) is 0. The smallest absolute Gasteiger partial charge is 0.220 e. The maximum atomic E-state index is 11.8. The maximum absolute atomic E-state index is 11.8. The van der Waals surface area contributed by atoms with Crippen molar-refractivity contribution in [3.63, 3.8) is 0 Å². The fourth-order valence-corrected chi connectivity index (χ4v) is 3.20. The summed E-state index contributed by atoms with van der Waals surface area (Å²) in [6, 6.07) is 0.0221. The molecule has 0 aromatic rings. The molecule has 0 saturated heterocycles. The Labute approximate surface area is 104 Å². The summed E-state index contributed by atoms with van der Waals surface area (Å²) in [6.45, 7) is 0. The Kier molecular flexibility index (Phi) is 4.84. The third-order valence-corrected chi connectivity index (χ3v) is 4.33. The number of aliphatic hydroxyl groups excluding tert-OH is 1. The normalized spacial score (nSPS) is 30.4. The predicted molar refractivity (Wildman–Crippen MR) is 67.6 cm³/mol. The minimum atomic E-state index is -0.311. The van der Waals surface area contributed by atoms with Crippen molar-refractivity contribution in [1.82, 2.24) is 5.32 Å². The first-order valence-electron chi connectivity index (χ1n) is 7.23. The lowest BCUT2D eigenvalue weighted by Crippen LogP contribution is -2.39. The molecule has 0 aliphatic heterocycles. The molecule has 2 fully saturated rings. The van der Waals surface area contributed by atoms with Crippen molar-refractivity contribution in [2.45, 2.75) is 76.4 Å². The van der Waals surface area contributed by atoms with Crippen molar-refractivity contribution in [3.05, 3.63) is 0 Å². The quantitative estimate of drug-likeness (QED) is 0.791. The molecule has 2 aliphatic carbocycles. The van der Waals surface area contributed by atoms with Gasteiger partial charge in [0.1, 0.15) is 0 Å². The molecule has 0 radical (unpaired) electrons. The van der Waals surface area contributed by atoms with Gasteiger partial charge in [0.25, 0.3) is 0 Å². The predicted octanol–water partition coefficient (Wildman–Crippen LogP) is 2.38. The van der Waals surface area contributed by atoms with Crippen LogP contribution in [0.1, 0.15) is 64.2 Å². The minimum Gasteiger partial charge on any atom is -0.391 e. The molecule has 0 bridgehead atoms. The Morgan fingerprint density at radius 1 is 1.06 bits per heavy atom. The number of hydrogen-bond acceptors (Lipinski definition) is 2. The summed E-state index contributed by atoms with van der Waals surface area (Å²) < 4.78 is 0. The molecule has 3 nitrogen and oxygen atoms in total. The van der Waals surface area contributed by atoms with Gasteiger partial charge >= 0.3 is 0 Å². The van der Waals surface area contributed by atoms with Gasteiger partial charge in [0.05, 0.1) is 12.1 Å². The summed E-state index contributed by atoms with van der Waals surface area (Å²) in [7, 11) is 0. The molecule has 17 heavy (non-hydrogen) atoms. The summed E-state index contributed by atoms with van der Waals surface area (Å²) in [4.78, 5) is 11.8. The Bertz CT molecular complexity index is 249. The average molecular weight is 239 g/mol. The van der Waals surface area contributed by atoms with Gasteiger partial charge in [-0.15, -0.1) is 0 Å². The van der Waals surface area contributed by atoms with Crippen molar-refractivity contribution in [2.75, 3.05) is 0 Å². The van der Waals surface area contributed by atoms with Crippen molar-refractivity contribution in [3.8, 4) is 0 Å². The second-order valence-electron chi connectivity index (χ2n) is 5.71. The minimum absolute atomic E-state index is 0.0221. The zero-order valence-corrected chi connectivity index (χ0v) is 10.7. The van der Waals surface area contributed by atoms with Crippen LogP contribution in [-0.2, 0) is 4.79 Å². The number of hydrogen-bond donors (Lipinski definition) is 2. The van der Waals surface area contributed by atoms with Gasteiger partial charge in [-0.3, -0.25) is 4.79 Å². The van der Waals surface area contributed by atoms with E-state index in [1.165, 1.54) is 32.1 Å². The van der Waals surface area contributed by atoms with E-state index in [4.69, 9.17) is 0 Å². The molecule has 2 aliphatic rings. The summed E-state index contributed by atoms with van der Waals surface area (Å²) in [5, 5.41) is 12.6. The van der Waals surface area contributed by atoms with E-state index in [0.29, 0.717) is 6.42 Å². The van der Waals surface area contributed by atoms with Gasteiger partial charge in [-0.1, -0.05) is 32.1 Å². The highest BCUT2D eigenvalue weighted by Crippen LogP contribution is 2.27. The Morgan fingerprint density at radius 3 is 2.47 bits per heavy atom. The van der Waals surface area contributed by atoms with Gasteiger partial charge in [0, 0.05) is 6.42 Å². The molecule has 3 heteroatoms. The molecule has 0 spiro atoms. The molecule has 0 aromatic heterocycles. The first kappa shape index (κ1) is 12.9. The number of amides is 1. The average Bonchev–Trinajstić information content (AvgIpc) is 2.74. The van der Waals surface area contributed by atoms with Crippen molar-refractivity contribution in [1.29, 1.82) is 0 Å².